The van der Waals surface area contributed by atoms with Gasteiger partial charge < -0.3 is 35.2 Å². The van der Waals surface area contributed by atoms with Crippen LogP contribution < -0.4 is 20.7 Å². The monoisotopic (exact) mass is 491 g/mol. The van der Waals surface area contributed by atoms with Gasteiger partial charge in [0.1, 0.15) is 12.4 Å². The van der Waals surface area contributed by atoms with E-state index in [4.69, 9.17) is 9.47 Å². The quantitative estimate of drug-likeness (QED) is 0.599. The summed E-state index contributed by atoms with van der Waals surface area (Å²) in [4.78, 5) is 41.9. The molecule has 0 fully saturated rings. The number of carbonyl (C=O) groups is 3. The van der Waals surface area contributed by atoms with Crippen LogP contribution in [0.4, 0.5) is 15.3 Å². The fraction of sp³-hybridized carbons (Fsp3) is 0.640. The number of nitrogens with zero attached hydrogens (tertiary/aromatic N) is 2. The highest BCUT2D eigenvalue weighted by Crippen LogP contribution is 2.26. The molecule has 0 spiro atoms. The molecule has 2 rings (SSSR count). The molecule has 196 valence electrons. The van der Waals surface area contributed by atoms with E-state index in [1.807, 2.05) is 41.5 Å². The van der Waals surface area contributed by atoms with Gasteiger partial charge in [-0.15, -0.1) is 0 Å². The number of nitrogens with one attached hydrogen (secondary N) is 3. The average molecular weight is 492 g/mol. The van der Waals surface area contributed by atoms with Crippen molar-refractivity contribution in [3.8, 4) is 5.75 Å². The van der Waals surface area contributed by atoms with Crippen molar-refractivity contribution in [1.29, 1.82) is 0 Å². The lowest BCUT2D eigenvalue weighted by Crippen LogP contribution is -2.52. The summed E-state index contributed by atoms with van der Waals surface area (Å²) in [6.07, 6.45) is -0.285. The Labute approximate surface area is 208 Å². The van der Waals surface area contributed by atoms with Crippen LogP contribution in [0.2, 0.25) is 0 Å². The number of methoxy groups -OCH3 is 1. The third-order valence-corrected chi connectivity index (χ3v) is 5.80. The summed E-state index contributed by atoms with van der Waals surface area (Å²) in [6, 6.07) is 4.14. The van der Waals surface area contributed by atoms with Crippen LogP contribution in [0.15, 0.2) is 18.2 Å². The number of likely N-dealkylation sites (N-methyl/N-ethyl adjacent to an activating group) is 1. The molecule has 1 aliphatic rings. The average Bonchev–Trinajstić information content (AvgIpc) is 2.77. The minimum Gasteiger partial charge on any atom is -0.491 e. The first kappa shape index (κ1) is 28.2. The van der Waals surface area contributed by atoms with Crippen molar-refractivity contribution in [3.05, 3.63) is 23.8 Å². The molecule has 0 aliphatic carbocycles. The molecule has 0 bridgehead atoms. The van der Waals surface area contributed by atoms with E-state index < -0.39 is 0 Å². The molecule has 10 heteroatoms. The number of carbonyl (C=O) groups excluding carboxylic acids is 3. The van der Waals surface area contributed by atoms with Crippen LogP contribution in [0.1, 0.15) is 51.9 Å². The van der Waals surface area contributed by atoms with E-state index in [9.17, 15) is 14.4 Å². The molecule has 0 saturated carbocycles. The Hall–Kier alpha value is -3.01. The van der Waals surface area contributed by atoms with Gasteiger partial charge in [0.15, 0.2) is 0 Å². The van der Waals surface area contributed by atoms with Gasteiger partial charge in [0, 0.05) is 50.9 Å². The third-order valence-electron chi connectivity index (χ3n) is 5.80. The fourth-order valence-electron chi connectivity index (χ4n) is 3.90. The van der Waals surface area contributed by atoms with Crippen molar-refractivity contribution in [2.75, 3.05) is 39.2 Å². The third kappa shape index (κ3) is 8.02. The van der Waals surface area contributed by atoms with E-state index in [0.717, 1.165) is 0 Å². The number of fused-ring (bicyclic) bond motifs is 1. The number of hydrogen-bond donors (Lipinski definition) is 3. The summed E-state index contributed by atoms with van der Waals surface area (Å²) in [5.74, 6) is 0.0994. The molecule has 1 aromatic carbocycles. The maximum atomic E-state index is 13.4. The lowest BCUT2D eigenvalue weighted by Gasteiger charge is -2.36. The Kier molecular flexibility index (Phi) is 10.2. The molecule has 10 nitrogen and oxygen atoms in total. The smallest absolute Gasteiger partial charge is 0.319 e. The molecule has 0 unspecified atom stereocenters. The number of urea groups is 2. The lowest BCUT2D eigenvalue weighted by atomic mass is 10.0. The highest BCUT2D eigenvalue weighted by Gasteiger charge is 2.30. The first-order valence-corrected chi connectivity index (χ1v) is 12.1. The first-order chi connectivity index (χ1) is 16.4. The molecule has 0 saturated heterocycles. The van der Waals surface area contributed by atoms with Crippen molar-refractivity contribution in [1.82, 2.24) is 20.4 Å². The predicted octanol–water partition coefficient (Wildman–Crippen LogP) is 3.14. The lowest BCUT2D eigenvalue weighted by molar-refractivity contribution is 0.0165. The summed E-state index contributed by atoms with van der Waals surface area (Å²) in [5.41, 5.74) is 0.797. The summed E-state index contributed by atoms with van der Waals surface area (Å²) in [7, 11) is 3.31. The van der Waals surface area contributed by atoms with E-state index in [1.54, 1.807) is 42.2 Å². The van der Waals surface area contributed by atoms with Crippen LogP contribution >= 0.6 is 0 Å². The van der Waals surface area contributed by atoms with Gasteiger partial charge in [-0.25, -0.2) is 9.59 Å². The largest absolute Gasteiger partial charge is 0.491 e. The van der Waals surface area contributed by atoms with Crippen LogP contribution in [0.5, 0.6) is 5.75 Å². The molecule has 1 aromatic rings. The number of amides is 5. The Morgan fingerprint density at radius 3 is 2.34 bits per heavy atom. The molecule has 0 aromatic heterocycles. The topological polar surface area (TPSA) is 112 Å². The molecular formula is C25H41N5O5. The zero-order valence-electron chi connectivity index (χ0n) is 22.2. The minimum atomic E-state index is -0.358. The number of benzene rings is 1. The molecule has 3 atom stereocenters. The Morgan fingerprint density at radius 2 is 1.74 bits per heavy atom. The standard InChI is InChI=1S/C25H41N5O5/c1-15(2)26-24(32)28-19-9-10-21-20(11-19)23(31)29(7)13-22(34-8)17(5)12-30(18(6)14-35-21)25(33)27-16(3)4/h9-11,15-18,22H,12-14H2,1-8H3,(H,27,33)(H2,26,28,32)/t17-,18+,22+/m0/s1. The number of rotatable bonds is 4. The van der Waals surface area contributed by atoms with Gasteiger partial charge in [0.2, 0.25) is 0 Å². The second-order valence-corrected chi connectivity index (χ2v) is 9.82. The highest BCUT2D eigenvalue weighted by atomic mass is 16.5. The molecule has 0 radical (unpaired) electrons. The van der Waals surface area contributed by atoms with Crippen molar-refractivity contribution in [2.45, 2.75) is 65.8 Å². The van der Waals surface area contributed by atoms with Crippen LogP contribution in [0.3, 0.4) is 0 Å². The molecular weight excluding hydrogens is 450 g/mol. The van der Waals surface area contributed by atoms with Crippen molar-refractivity contribution in [2.24, 2.45) is 5.92 Å². The molecule has 35 heavy (non-hydrogen) atoms. The van der Waals surface area contributed by atoms with Crippen molar-refractivity contribution in [3.63, 3.8) is 0 Å². The van der Waals surface area contributed by atoms with Gasteiger partial charge in [-0.05, 0) is 52.8 Å². The summed E-state index contributed by atoms with van der Waals surface area (Å²) in [6.45, 7) is 12.5. The van der Waals surface area contributed by atoms with E-state index in [-0.39, 0.29) is 54.7 Å². The number of ether oxygens (including phenoxy) is 2. The molecule has 5 amide bonds. The van der Waals surface area contributed by atoms with E-state index in [1.165, 1.54) is 0 Å². The summed E-state index contributed by atoms with van der Waals surface area (Å²) < 4.78 is 11.8. The number of anilines is 1. The number of hydrogen-bond acceptors (Lipinski definition) is 5. The van der Waals surface area contributed by atoms with Gasteiger partial charge in [0.05, 0.1) is 17.7 Å². The van der Waals surface area contributed by atoms with Gasteiger partial charge in [-0.3, -0.25) is 4.79 Å². The van der Waals surface area contributed by atoms with Crippen molar-refractivity contribution < 1.29 is 23.9 Å². The Bertz CT molecular complexity index is 891. The van der Waals surface area contributed by atoms with Gasteiger partial charge >= 0.3 is 12.1 Å². The summed E-state index contributed by atoms with van der Waals surface area (Å²) in [5, 5.41) is 8.48. The zero-order valence-corrected chi connectivity index (χ0v) is 22.2. The van der Waals surface area contributed by atoms with E-state index >= 15 is 0 Å². The van der Waals surface area contributed by atoms with Gasteiger partial charge in [-0.1, -0.05) is 6.92 Å². The van der Waals surface area contributed by atoms with Crippen molar-refractivity contribution >= 4 is 23.7 Å². The van der Waals surface area contributed by atoms with E-state index in [0.29, 0.717) is 30.1 Å². The minimum absolute atomic E-state index is 0.00571. The van der Waals surface area contributed by atoms with Crippen LogP contribution in [-0.2, 0) is 4.74 Å². The van der Waals surface area contributed by atoms with Crippen LogP contribution in [0.25, 0.3) is 0 Å². The predicted molar refractivity (Wildman–Crippen MR) is 136 cm³/mol. The maximum Gasteiger partial charge on any atom is 0.319 e. The molecule has 3 N–H and O–H groups in total. The molecule has 1 heterocycles. The summed E-state index contributed by atoms with van der Waals surface area (Å²) >= 11 is 0. The second kappa shape index (κ2) is 12.6. The normalized spacial score (nSPS) is 21.5. The molecule has 1 aliphatic heterocycles. The first-order valence-electron chi connectivity index (χ1n) is 12.1. The Morgan fingerprint density at radius 1 is 1.09 bits per heavy atom. The van der Waals surface area contributed by atoms with Crippen LogP contribution in [0, 0.1) is 5.92 Å². The van der Waals surface area contributed by atoms with Crippen LogP contribution in [-0.4, -0.2) is 85.9 Å². The SMILES string of the molecule is CO[C@@H]1CN(C)C(=O)c2cc(NC(=O)NC(C)C)ccc2OC[C@@H](C)N(C(=O)NC(C)C)C[C@@H]1C. The Balaban J connectivity index is 2.41. The highest BCUT2D eigenvalue weighted by molar-refractivity contribution is 5.99. The van der Waals surface area contributed by atoms with E-state index in [2.05, 4.69) is 16.0 Å². The maximum absolute atomic E-state index is 13.4. The second-order valence-electron chi connectivity index (χ2n) is 9.82. The zero-order chi connectivity index (χ0) is 26.3. The fourth-order valence-corrected chi connectivity index (χ4v) is 3.90. The van der Waals surface area contributed by atoms with Gasteiger partial charge in [0.25, 0.3) is 5.91 Å². The van der Waals surface area contributed by atoms with Gasteiger partial charge in [-0.2, -0.15) is 0 Å².